The minimum Gasteiger partial charge on any atom is -0.390 e. The number of aryl methyl sites for hydroxylation is 1. The Kier molecular flexibility index (Phi) is 3.47. The molecule has 1 N–H and O–H groups in total. The Hall–Kier alpha value is -1.36. The summed E-state index contributed by atoms with van der Waals surface area (Å²) >= 11 is 0. The van der Waals surface area contributed by atoms with E-state index < -0.39 is 5.60 Å². The number of carbonyl (C=O) groups excluding carboxylic acids is 1. The van der Waals surface area contributed by atoms with E-state index in [1.807, 2.05) is 22.6 Å². The first kappa shape index (κ1) is 12.1. The van der Waals surface area contributed by atoms with Crippen LogP contribution in [0, 0.1) is 0 Å². The molecule has 0 atom stereocenters. The van der Waals surface area contributed by atoms with Gasteiger partial charge < -0.3 is 14.6 Å². The van der Waals surface area contributed by atoms with E-state index in [4.69, 9.17) is 0 Å². The van der Waals surface area contributed by atoms with Crippen molar-refractivity contribution in [3.63, 3.8) is 0 Å². The maximum atomic E-state index is 11.9. The van der Waals surface area contributed by atoms with Crippen molar-refractivity contribution in [2.45, 2.75) is 38.3 Å². The van der Waals surface area contributed by atoms with E-state index in [2.05, 4.69) is 4.98 Å². The number of hydrogen-bond donors (Lipinski definition) is 1. The summed E-state index contributed by atoms with van der Waals surface area (Å²) in [5.74, 6) is 0.161. The van der Waals surface area contributed by atoms with Crippen LogP contribution in [0.4, 0.5) is 0 Å². The van der Waals surface area contributed by atoms with Crippen molar-refractivity contribution < 1.29 is 9.90 Å². The van der Waals surface area contributed by atoms with Crippen LogP contribution in [0.3, 0.4) is 0 Å². The first-order chi connectivity index (χ1) is 8.07. The van der Waals surface area contributed by atoms with Gasteiger partial charge in [-0.2, -0.15) is 0 Å². The number of piperidine rings is 1. The third kappa shape index (κ3) is 3.30. The molecule has 0 spiro atoms. The van der Waals surface area contributed by atoms with Crippen molar-refractivity contribution in [2.75, 3.05) is 13.1 Å². The fourth-order valence-electron chi connectivity index (χ4n) is 2.04. The number of likely N-dealkylation sites (tertiary alicyclic amines) is 1. The molecule has 2 heterocycles. The summed E-state index contributed by atoms with van der Waals surface area (Å²) in [5, 5.41) is 9.80. The predicted octanol–water partition coefficient (Wildman–Crippen LogP) is 0.647. The van der Waals surface area contributed by atoms with Crippen molar-refractivity contribution in [1.29, 1.82) is 0 Å². The number of imidazole rings is 1. The lowest BCUT2D eigenvalue weighted by Gasteiger charge is -2.35. The second-order valence-electron chi connectivity index (χ2n) is 4.93. The minimum atomic E-state index is -0.596. The summed E-state index contributed by atoms with van der Waals surface area (Å²) in [6.07, 6.45) is 7.12. The molecule has 2 rings (SSSR count). The van der Waals surface area contributed by atoms with Gasteiger partial charge in [0.15, 0.2) is 0 Å². The molecule has 0 radical (unpaired) electrons. The van der Waals surface area contributed by atoms with Crippen LogP contribution in [-0.2, 0) is 11.3 Å². The molecule has 1 aliphatic rings. The Morgan fingerprint density at radius 2 is 2.18 bits per heavy atom. The Morgan fingerprint density at radius 1 is 1.47 bits per heavy atom. The number of aromatic nitrogens is 2. The third-order valence-electron chi connectivity index (χ3n) is 3.34. The van der Waals surface area contributed by atoms with E-state index in [1.165, 1.54) is 0 Å². The normalized spacial score (nSPS) is 19.3. The highest BCUT2D eigenvalue weighted by Gasteiger charge is 2.29. The fraction of sp³-hybridized carbons (Fsp3) is 0.667. The van der Waals surface area contributed by atoms with Gasteiger partial charge in [0.1, 0.15) is 0 Å². The summed E-state index contributed by atoms with van der Waals surface area (Å²) < 4.78 is 1.90. The summed E-state index contributed by atoms with van der Waals surface area (Å²) in [5.41, 5.74) is -0.596. The molecule has 1 saturated heterocycles. The first-order valence-corrected chi connectivity index (χ1v) is 6.03. The highest BCUT2D eigenvalue weighted by atomic mass is 16.3. The van der Waals surface area contributed by atoms with E-state index in [0.29, 0.717) is 38.9 Å². The van der Waals surface area contributed by atoms with Crippen molar-refractivity contribution >= 4 is 5.91 Å². The standard InChI is InChI=1S/C12H19N3O2/c1-12(17)3-7-15(8-4-12)11(16)2-6-14-9-5-13-10-14/h5,9-10,17H,2-4,6-8H2,1H3. The molecule has 1 aromatic heterocycles. The Labute approximate surface area is 101 Å². The number of hydrogen-bond acceptors (Lipinski definition) is 3. The molecule has 0 bridgehead atoms. The van der Waals surface area contributed by atoms with Crippen LogP contribution < -0.4 is 0 Å². The van der Waals surface area contributed by atoms with Crippen LogP contribution in [0.5, 0.6) is 0 Å². The zero-order valence-corrected chi connectivity index (χ0v) is 10.2. The number of amides is 1. The van der Waals surface area contributed by atoms with Crippen LogP contribution in [0.15, 0.2) is 18.7 Å². The molecule has 17 heavy (non-hydrogen) atoms. The monoisotopic (exact) mass is 237 g/mol. The molecule has 0 unspecified atom stereocenters. The number of carbonyl (C=O) groups is 1. The molecular formula is C12H19N3O2. The quantitative estimate of drug-likeness (QED) is 0.839. The van der Waals surface area contributed by atoms with Gasteiger partial charge in [-0.25, -0.2) is 4.98 Å². The summed E-state index contributed by atoms with van der Waals surface area (Å²) in [4.78, 5) is 17.7. The van der Waals surface area contributed by atoms with Crippen LogP contribution in [-0.4, -0.2) is 44.2 Å². The van der Waals surface area contributed by atoms with E-state index in [-0.39, 0.29) is 5.91 Å². The van der Waals surface area contributed by atoms with Crippen LogP contribution >= 0.6 is 0 Å². The van der Waals surface area contributed by atoms with Crippen molar-refractivity contribution in [3.8, 4) is 0 Å². The summed E-state index contributed by atoms with van der Waals surface area (Å²) in [7, 11) is 0. The fourth-order valence-corrected chi connectivity index (χ4v) is 2.04. The predicted molar refractivity (Wildman–Crippen MR) is 63.3 cm³/mol. The van der Waals surface area contributed by atoms with Gasteiger partial charge in [-0.3, -0.25) is 4.79 Å². The van der Waals surface area contributed by atoms with Gasteiger partial charge >= 0.3 is 0 Å². The van der Waals surface area contributed by atoms with Crippen LogP contribution in [0.25, 0.3) is 0 Å². The molecule has 5 nitrogen and oxygen atoms in total. The average molecular weight is 237 g/mol. The summed E-state index contributed by atoms with van der Waals surface area (Å²) in [6.45, 7) is 3.83. The van der Waals surface area contributed by atoms with Crippen molar-refractivity contribution in [3.05, 3.63) is 18.7 Å². The zero-order chi connectivity index (χ0) is 12.3. The van der Waals surface area contributed by atoms with Crippen molar-refractivity contribution in [1.82, 2.24) is 14.5 Å². The lowest BCUT2D eigenvalue weighted by molar-refractivity contribution is -0.135. The zero-order valence-electron chi connectivity index (χ0n) is 10.2. The highest BCUT2D eigenvalue weighted by Crippen LogP contribution is 2.21. The molecule has 94 valence electrons. The van der Waals surface area contributed by atoms with Crippen LogP contribution in [0.1, 0.15) is 26.2 Å². The van der Waals surface area contributed by atoms with Gasteiger partial charge in [0.25, 0.3) is 0 Å². The second-order valence-corrected chi connectivity index (χ2v) is 4.93. The largest absolute Gasteiger partial charge is 0.390 e. The number of rotatable bonds is 3. The number of aliphatic hydroxyl groups is 1. The second kappa shape index (κ2) is 4.87. The van der Waals surface area contributed by atoms with Crippen LogP contribution in [0.2, 0.25) is 0 Å². The molecule has 1 amide bonds. The van der Waals surface area contributed by atoms with Gasteiger partial charge in [0, 0.05) is 38.4 Å². The Bertz CT molecular complexity index is 363. The van der Waals surface area contributed by atoms with E-state index >= 15 is 0 Å². The van der Waals surface area contributed by atoms with Crippen molar-refractivity contribution in [2.24, 2.45) is 0 Å². The highest BCUT2D eigenvalue weighted by molar-refractivity contribution is 5.76. The minimum absolute atomic E-state index is 0.161. The topological polar surface area (TPSA) is 58.4 Å². The molecule has 0 aromatic carbocycles. The molecule has 1 fully saturated rings. The molecule has 0 aliphatic carbocycles. The average Bonchev–Trinajstić information content (AvgIpc) is 2.78. The first-order valence-electron chi connectivity index (χ1n) is 6.03. The summed E-state index contributed by atoms with van der Waals surface area (Å²) in [6, 6.07) is 0. The van der Waals surface area contributed by atoms with Gasteiger partial charge in [-0.05, 0) is 19.8 Å². The van der Waals surface area contributed by atoms with Gasteiger partial charge in [-0.15, -0.1) is 0 Å². The lowest BCUT2D eigenvalue weighted by Crippen LogP contribution is -2.45. The van der Waals surface area contributed by atoms with Gasteiger partial charge in [0.05, 0.1) is 11.9 Å². The van der Waals surface area contributed by atoms with E-state index in [1.54, 1.807) is 12.5 Å². The Morgan fingerprint density at radius 3 is 2.76 bits per heavy atom. The molecule has 5 heteroatoms. The molecular weight excluding hydrogens is 218 g/mol. The number of nitrogens with zero attached hydrogens (tertiary/aromatic N) is 3. The van der Waals surface area contributed by atoms with E-state index in [9.17, 15) is 9.90 Å². The van der Waals surface area contributed by atoms with Gasteiger partial charge in [-0.1, -0.05) is 0 Å². The molecule has 1 aliphatic heterocycles. The van der Waals surface area contributed by atoms with E-state index in [0.717, 1.165) is 0 Å². The third-order valence-corrected chi connectivity index (χ3v) is 3.34. The molecule has 1 aromatic rings. The molecule has 0 saturated carbocycles. The van der Waals surface area contributed by atoms with Gasteiger partial charge in [0.2, 0.25) is 5.91 Å². The Balaban J connectivity index is 1.77. The maximum absolute atomic E-state index is 11.9. The maximum Gasteiger partial charge on any atom is 0.224 e. The smallest absolute Gasteiger partial charge is 0.224 e. The lowest BCUT2D eigenvalue weighted by atomic mass is 9.94. The SMILES string of the molecule is CC1(O)CCN(C(=O)CCn2ccnc2)CC1.